The standard InChI is InChI=1S/C15H19N5O/c1-3-19-10-11(8-18-19)14-9-17-15(16)20(14)12-5-4-6-13(7-12)21-2/h4-8,10,14H,3,9H2,1-2H3,(H2,16,17). The minimum Gasteiger partial charge on any atom is -0.497 e. The molecule has 21 heavy (non-hydrogen) atoms. The summed E-state index contributed by atoms with van der Waals surface area (Å²) in [4.78, 5) is 6.41. The van der Waals surface area contributed by atoms with E-state index in [9.17, 15) is 0 Å². The van der Waals surface area contributed by atoms with Gasteiger partial charge in [0.05, 0.1) is 25.9 Å². The monoisotopic (exact) mass is 285 g/mol. The third-order valence-electron chi connectivity index (χ3n) is 3.68. The van der Waals surface area contributed by atoms with Crippen molar-refractivity contribution in [2.45, 2.75) is 19.5 Å². The Labute approximate surface area is 123 Å². The van der Waals surface area contributed by atoms with Crippen LogP contribution in [0.15, 0.2) is 41.7 Å². The Hall–Kier alpha value is -2.50. The number of aryl methyl sites for hydroxylation is 1. The second-order valence-electron chi connectivity index (χ2n) is 4.92. The molecule has 2 N–H and O–H groups in total. The molecule has 2 heterocycles. The first-order valence-electron chi connectivity index (χ1n) is 6.98. The lowest BCUT2D eigenvalue weighted by Crippen LogP contribution is -2.36. The predicted molar refractivity (Wildman–Crippen MR) is 82.6 cm³/mol. The van der Waals surface area contributed by atoms with E-state index in [1.54, 1.807) is 7.11 Å². The first kappa shape index (κ1) is 13.5. The fourth-order valence-electron chi connectivity index (χ4n) is 2.55. The van der Waals surface area contributed by atoms with Gasteiger partial charge in [-0.25, -0.2) is 0 Å². The second-order valence-corrected chi connectivity index (χ2v) is 4.92. The van der Waals surface area contributed by atoms with Gasteiger partial charge in [0.25, 0.3) is 0 Å². The minimum absolute atomic E-state index is 0.0809. The van der Waals surface area contributed by atoms with Crippen molar-refractivity contribution < 1.29 is 4.74 Å². The first-order valence-corrected chi connectivity index (χ1v) is 6.98. The Morgan fingerprint density at radius 1 is 1.43 bits per heavy atom. The summed E-state index contributed by atoms with van der Waals surface area (Å²) in [6, 6.07) is 7.92. The van der Waals surface area contributed by atoms with Crippen molar-refractivity contribution in [3.05, 3.63) is 42.2 Å². The van der Waals surface area contributed by atoms with E-state index in [1.165, 1.54) is 0 Å². The average molecular weight is 285 g/mol. The van der Waals surface area contributed by atoms with Crippen molar-refractivity contribution in [1.29, 1.82) is 0 Å². The summed E-state index contributed by atoms with van der Waals surface area (Å²) in [5, 5.41) is 4.34. The normalized spacial score (nSPS) is 17.9. The maximum absolute atomic E-state index is 6.08. The number of ether oxygens (including phenoxy) is 1. The average Bonchev–Trinajstić information content (AvgIpc) is 3.13. The van der Waals surface area contributed by atoms with Gasteiger partial charge < -0.3 is 15.4 Å². The number of guanidine groups is 1. The van der Waals surface area contributed by atoms with E-state index in [1.807, 2.05) is 46.2 Å². The zero-order valence-electron chi connectivity index (χ0n) is 12.2. The topological polar surface area (TPSA) is 68.7 Å². The van der Waals surface area contributed by atoms with Gasteiger partial charge in [-0.1, -0.05) is 6.07 Å². The highest BCUT2D eigenvalue weighted by Crippen LogP contribution is 2.32. The lowest BCUT2D eigenvalue weighted by Gasteiger charge is -2.25. The second kappa shape index (κ2) is 5.47. The van der Waals surface area contributed by atoms with Crippen LogP contribution in [0.3, 0.4) is 0 Å². The molecule has 1 unspecified atom stereocenters. The molecule has 0 aliphatic carbocycles. The Morgan fingerprint density at radius 3 is 3.00 bits per heavy atom. The quantitative estimate of drug-likeness (QED) is 0.930. The molecule has 0 bridgehead atoms. The van der Waals surface area contributed by atoms with Crippen molar-refractivity contribution in [2.24, 2.45) is 10.7 Å². The summed E-state index contributed by atoms with van der Waals surface area (Å²) >= 11 is 0. The van der Waals surface area contributed by atoms with Crippen molar-refractivity contribution in [1.82, 2.24) is 9.78 Å². The van der Waals surface area contributed by atoms with Crippen LogP contribution in [0, 0.1) is 0 Å². The van der Waals surface area contributed by atoms with Crippen LogP contribution in [-0.2, 0) is 6.54 Å². The van der Waals surface area contributed by atoms with Crippen LogP contribution >= 0.6 is 0 Å². The van der Waals surface area contributed by atoms with Crippen molar-refractivity contribution in [3.63, 3.8) is 0 Å². The number of nitrogens with two attached hydrogens (primary N) is 1. The van der Waals surface area contributed by atoms with Gasteiger partial charge in [0, 0.05) is 30.1 Å². The fraction of sp³-hybridized carbons (Fsp3) is 0.333. The van der Waals surface area contributed by atoms with Crippen LogP contribution < -0.4 is 15.4 Å². The lowest BCUT2D eigenvalue weighted by molar-refractivity contribution is 0.415. The summed E-state index contributed by atoms with van der Waals surface area (Å²) in [5.74, 6) is 1.33. The molecule has 2 aromatic rings. The highest BCUT2D eigenvalue weighted by molar-refractivity contribution is 5.97. The maximum Gasteiger partial charge on any atom is 0.196 e. The van der Waals surface area contributed by atoms with Gasteiger partial charge in [0.2, 0.25) is 0 Å². The van der Waals surface area contributed by atoms with E-state index in [2.05, 4.69) is 17.0 Å². The lowest BCUT2D eigenvalue weighted by atomic mass is 10.1. The molecule has 0 radical (unpaired) electrons. The van der Waals surface area contributed by atoms with Gasteiger partial charge in [-0.3, -0.25) is 9.67 Å². The predicted octanol–water partition coefficient (Wildman–Crippen LogP) is 1.79. The molecule has 3 rings (SSSR count). The molecule has 1 atom stereocenters. The van der Waals surface area contributed by atoms with E-state index in [0.717, 1.165) is 23.5 Å². The van der Waals surface area contributed by atoms with Gasteiger partial charge >= 0.3 is 0 Å². The smallest absolute Gasteiger partial charge is 0.196 e. The molecule has 0 fully saturated rings. The maximum atomic E-state index is 6.08. The number of hydrogen-bond acceptors (Lipinski definition) is 5. The van der Waals surface area contributed by atoms with Gasteiger partial charge in [-0.15, -0.1) is 0 Å². The van der Waals surface area contributed by atoms with Crippen LogP contribution in [0.1, 0.15) is 18.5 Å². The van der Waals surface area contributed by atoms with E-state index >= 15 is 0 Å². The largest absolute Gasteiger partial charge is 0.497 e. The van der Waals surface area contributed by atoms with Crippen LogP contribution in [0.25, 0.3) is 0 Å². The fourth-order valence-corrected chi connectivity index (χ4v) is 2.55. The summed E-state index contributed by atoms with van der Waals surface area (Å²) in [6.45, 7) is 3.55. The van der Waals surface area contributed by atoms with Crippen molar-refractivity contribution in [2.75, 3.05) is 18.6 Å². The summed E-state index contributed by atoms with van der Waals surface area (Å²) < 4.78 is 7.20. The number of methoxy groups -OCH3 is 1. The molecule has 1 aromatic heterocycles. The number of benzene rings is 1. The van der Waals surface area contributed by atoms with Gasteiger partial charge in [-0.05, 0) is 19.1 Å². The number of hydrogen-bond donors (Lipinski definition) is 1. The van der Waals surface area contributed by atoms with Crippen molar-refractivity contribution in [3.8, 4) is 5.75 Å². The molecular formula is C15H19N5O. The highest BCUT2D eigenvalue weighted by atomic mass is 16.5. The summed E-state index contributed by atoms with van der Waals surface area (Å²) in [5.41, 5.74) is 8.17. The van der Waals surface area contributed by atoms with Gasteiger partial charge in [0.15, 0.2) is 5.96 Å². The third-order valence-corrected chi connectivity index (χ3v) is 3.68. The number of aromatic nitrogens is 2. The molecule has 0 amide bonds. The molecule has 6 heteroatoms. The Balaban J connectivity index is 1.95. The number of anilines is 1. The highest BCUT2D eigenvalue weighted by Gasteiger charge is 2.30. The summed E-state index contributed by atoms with van der Waals surface area (Å²) in [6.07, 6.45) is 3.93. The van der Waals surface area contributed by atoms with Crippen molar-refractivity contribution >= 4 is 11.6 Å². The number of rotatable bonds is 4. The molecule has 6 nitrogen and oxygen atoms in total. The Morgan fingerprint density at radius 2 is 2.29 bits per heavy atom. The van der Waals surface area contributed by atoms with E-state index in [-0.39, 0.29) is 6.04 Å². The Bertz CT molecular complexity index is 664. The first-order chi connectivity index (χ1) is 10.2. The van der Waals surface area contributed by atoms with Crippen LogP contribution in [0.4, 0.5) is 5.69 Å². The van der Waals surface area contributed by atoms with Crippen LogP contribution in [0.2, 0.25) is 0 Å². The van der Waals surface area contributed by atoms with Gasteiger partial charge in [0.1, 0.15) is 5.75 Å². The molecule has 1 aliphatic heterocycles. The molecule has 110 valence electrons. The SMILES string of the molecule is CCn1cc(C2CN=C(N)N2c2cccc(OC)c2)cn1. The zero-order valence-corrected chi connectivity index (χ0v) is 12.2. The molecule has 0 saturated carbocycles. The van der Waals surface area contributed by atoms with Gasteiger partial charge in [-0.2, -0.15) is 5.10 Å². The number of nitrogens with zero attached hydrogens (tertiary/aromatic N) is 4. The van der Waals surface area contributed by atoms with E-state index in [4.69, 9.17) is 10.5 Å². The van der Waals surface area contributed by atoms with E-state index < -0.39 is 0 Å². The Kier molecular flexibility index (Phi) is 3.51. The molecule has 1 aromatic carbocycles. The zero-order chi connectivity index (χ0) is 14.8. The minimum atomic E-state index is 0.0809. The van der Waals surface area contributed by atoms with Crippen LogP contribution in [0.5, 0.6) is 5.75 Å². The summed E-state index contributed by atoms with van der Waals surface area (Å²) in [7, 11) is 1.66. The molecule has 0 spiro atoms. The van der Waals surface area contributed by atoms with E-state index in [0.29, 0.717) is 12.5 Å². The van der Waals surface area contributed by atoms with Crippen LogP contribution in [-0.4, -0.2) is 29.4 Å². The number of aliphatic imine (C=N–C) groups is 1. The molecular weight excluding hydrogens is 266 g/mol. The molecule has 0 saturated heterocycles. The third kappa shape index (κ3) is 2.44. The molecule has 1 aliphatic rings.